The average Bonchev–Trinajstić information content (AvgIpc) is 3.82. The summed E-state index contributed by atoms with van der Waals surface area (Å²) >= 11 is 0. The molecule has 1 spiro atoms. The number of aryl methyl sites for hydroxylation is 1. The number of carbonyl (C=O) groups is 3. The normalized spacial score (nSPS) is 28.8. The minimum Gasteiger partial charge on any atom is -0.444 e. The molecule has 9 nitrogen and oxygen atoms in total. The van der Waals surface area contributed by atoms with Crippen LogP contribution in [0.1, 0.15) is 129 Å². The van der Waals surface area contributed by atoms with Crippen LogP contribution in [0.2, 0.25) is 0 Å². The van der Waals surface area contributed by atoms with E-state index < -0.39 is 5.60 Å². The summed E-state index contributed by atoms with van der Waals surface area (Å²) < 4.78 is 11.4. The van der Waals surface area contributed by atoms with Gasteiger partial charge in [-0.1, -0.05) is 60.8 Å². The van der Waals surface area contributed by atoms with Gasteiger partial charge in [-0.3, -0.25) is 9.59 Å². The van der Waals surface area contributed by atoms with Gasteiger partial charge in [-0.25, -0.2) is 14.8 Å². The van der Waals surface area contributed by atoms with Crippen LogP contribution in [0.4, 0.5) is 4.79 Å². The highest BCUT2D eigenvalue weighted by atomic mass is 16.6. The van der Waals surface area contributed by atoms with Crippen molar-refractivity contribution in [2.45, 2.75) is 125 Å². The number of Topliss-reactive ketones (excluding diaryl/α,β-unsaturated/α-hetero) is 1. The van der Waals surface area contributed by atoms with E-state index in [1.165, 1.54) is 6.42 Å². The first-order valence-corrected chi connectivity index (χ1v) is 18.3. The molecule has 4 fully saturated rings. The van der Waals surface area contributed by atoms with E-state index in [-0.39, 0.29) is 39.9 Å². The van der Waals surface area contributed by atoms with Gasteiger partial charge >= 0.3 is 6.09 Å². The van der Waals surface area contributed by atoms with Crippen LogP contribution in [0.25, 0.3) is 0 Å². The topological polar surface area (TPSA) is 102 Å². The summed E-state index contributed by atoms with van der Waals surface area (Å²) in [5, 5.41) is 0. The minimum atomic E-state index is -0.640. The molecule has 1 aromatic rings. The number of ether oxygens (including phenoxy) is 2. The second-order valence-electron chi connectivity index (χ2n) is 17.3. The number of carbonyl (C=O) groups excluding carboxylic acids is 3. The summed E-state index contributed by atoms with van der Waals surface area (Å²) in [5.41, 5.74) is 0.185. The molecule has 0 aromatic carbocycles. The molecule has 47 heavy (non-hydrogen) atoms. The molecule has 2 amide bonds. The summed E-state index contributed by atoms with van der Waals surface area (Å²) in [7, 11) is 0. The maximum absolute atomic E-state index is 14.4. The first-order chi connectivity index (χ1) is 22.0. The molecular weight excluding hydrogens is 592 g/mol. The van der Waals surface area contributed by atoms with Gasteiger partial charge in [-0.05, 0) is 75.0 Å². The number of hydrogen-bond acceptors (Lipinski definition) is 7. The number of fused-ring (bicyclic) bond motifs is 3. The smallest absolute Gasteiger partial charge is 0.410 e. The number of piperidine rings is 1. The molecule has 3 heterocycles. The van der Waals surface area contributed by atoms with Crippen LogP contribution < -0.4 is 0 Å². The number of rotatable bonds is 11. The molecule has 3 unspecified atom stereocenters. The molecule has 5 atom stereocenters. The lowest BCUT2D eigenvalue weighted by molar-refractivity contribution is -0.143. The van der Waals surface area contributed by atoms with Gasteiger partial charge in [0.15, 0.2) is 5.78 Å². The third kappa shape index (κ3) is 7.25. The van der Waals surface area contributed by atoms with E-state index in [0.29, 0.717) is 75.6 Å². The van der Waals surface area contributed by atoms with Gasteiger partial charge in [0.25, 0.3) is 0 Å². The minimum absolute atomic E-state index is 0.0923. The van der Waals surface area contributed by atoms with Crippen molar-refractivity contribution in [1.29, 1.82) is 0 Å². The standard InChI is InChI=1S/C38H60N4O5/c1-10-11-12-13-14-29-27(22-39-33(40-29)35(4,5)6)30(43)21-38-28(19-25(2)3)31(38)37(38)20-26(32(44)41-15-17-46-18-16-41)23-42(24-37)34(45)47-36(7,8)9/h22,25-26,28,31H,10-21,23-24H2,1-9H3/t26-,28?,31?,37-,38?/m1/s1. The van der Waals surface area contributed by atoms with E-state index in [2.05, 4.69) is 41.5 Å². The van der Waals surface area contributed by atoms with Gasteiger partial charge in [0, 0.05) is 44.2 Å². The first-order valence-electron chi connectivity index (χ1n) is 18.3. The third-order valence-corrected chi connectivity index (χ3v) is 11.1. The second-order valence-corrected chi connectivity index (χ2v) is 17.3. The number of hydrogen-bond donors (Lipinski definition) is 0. The quantitative estimate of drug-likeness (QED) is 0.190. The summed E-state index contributed by atoms with van der Waals surface area (Å²) in [6, 6.07) is 0. The Balaban J connectivity index is 1.45. The second kappa shape index (κ2) is 13.4. The van der Waals surface area contributed by atoms with Crippen molar-refractivity contribution in [3.63, 3.8) is 0 Å². The molecule has 2 aliphatic carbocycles. The van der Waals surface area contributed by atoms with E-state index in [1.54, 1.807) is 11.1 Å². The van der Waals surface area contributed by atoms with Gasteiger partial charge in [-0.2, -0.15) is 0 Å². The largest absolute Gasteiger partial charge is 0.444 e. The van der Waals surface area contributed by atoms with Crippen LogP contribution in [0.15, 0.2) is 6.20 Å². The van der Waals surface area contributed by atoms with Crippen molar-refractivity contribution in [3.05, 3.63) is 23.3 Å². The Morgan fingerprint density at radius 2 is 1.74 bits per heavy atom. The maximum Gasteiger partial charge on any atom is 0.410 e. The Kier molecular flexibility index (Phi) is 10.2. The fourth-order valence-electron chi connectivity index (χ4n) is 8.94. The Hall–Kier alpha value is -2.55. The number of nitrogens with zero attached hydrogens (tertiary/aromatic N) is 4. The Bertz CT molecular complexity index is 1330. The van der Waals surface area contributed by atoms with Crippen molar-refractivity contribution in [2.24, 2.45) is 34.5 Å². The number of morpholine rings is 1. The molecule has 4 aliphatic rings. The van der Waals surface area contributed by atoms with E-state index in [0.717, 1.165) is 43.6 Å². The highest BCUT2D eigenvalue weighted by Gasteiger charge is 2.94. The zero-order chi connectivity index (χ0) is 34.4. The number of amides is 2. The zero-order valence-corrected chi connectivity index (χ0v) is 30.6. The lowest BCUT2D eigenvalue weighted by Gasteiger charge is -2.45. The number of ketones is 1. The van der Waals surface area contributed by atoms with Gasteiger partial charge in [0.2, 0.25) is 5.91 Å². The predicted octanol–water partition coefficient (Wildman–Crippen LogP) is 6.86. The molecule has 0 bridgehead atoms. The molecule has 262 valence electrons. The lowest BCUT2D eigenvalue weighted by Crippen LogP contribution is -2.55. The van der Waals surface area contributed by atoms with E-state index in [1.807, 2.05) is 25.7 Å². The van der Waals surface area contributed by atoms with Crippen molar-refractivity contribution < 1.29 is 23.9 Å². The lowest BCUT2D eigenvalue weighted by atomic mass is 9.69. The van der Waals surface area contributed by atoms with E-state index in [9.17, 15) is 14.4 Å². The van der Waals surface area contributed by atoms with Crippen LogP contribution in [-0.4, -0.2) is 82.5 Å². The molecule has 0 radical (unpaired) electrons. The first kappa shape index (κ1) is 35.7. The summed E-state index contributed by atoms with van der Waals surface area (Å²) in [4.78, 5) is 55.4. The Morgan fingerprint density at radius 1 is 1.04 bits per heavy atom. The highest BCUT2D eigenvalue weighted by Crippen LogP contribution is 2.95. The fraction of sp³-hybridized carbons (Fsp3) is 0.816. The van der Waals surface area contributed by atoms with Gasteiger partial charge in [-0.15, -0.1) is 0 Å². The molecule has 0 N–H and O–H groups in total. The Morgan fingerprint density at radius 3 is 2.36 bits per heavy atom. The van der Waals surface area contributed by atoms with Gasteiger partial charge < -0.3 is 19.3 Å². The highest BCUT2D eigenvalue weighted by molar-refractivity contribution is 5.98. The van der Waals surface area contributed by atoms with E-state index >= 15 is 0 Å². The summed E-state index contributed by atoms with van der Waals surface area (Å²) in [5.74, 6) is 1.87. The summed E-state index contributed by atoms with van der Waals surface area (Å²) in [6.07, 6.45) is 8.78. The number of aromatic nitrogens is 2. The van der Waals surface area contributed by atoms with Crippen LogP contribution >= 0.6 is 0 Å². The number of likely N-dealkylation sites (tertiary alicyclic amines) is 1. The molecule has 1 aromatic heterocycles. The number of unbranched alkanes of at least 4 members (excludes halogenated alkanes) is 3. The molecule has 2 saturated heterocycles. The van der Waals surface area contributed by atoms with Crippen molar-refractivity contribution in [2.75, 3.05) is 39.4 Å². The van der Waals surface area contributed by atoms with Crippen LogP contribution in [0.3, 0.4) is 0 Å². The summed E-state index contributed by atoms with van der Waals surface area (Å²) in [6.45, 7) is 21.7. The fourth-order valence-corrected chi connectivity index (χ4v) is 8.94. The van der Waals surface area contributed by atoms with Crippen molar-refractivity contribution in [3.8, 4) is 0 Å². The molecule has 9 heteroatoms. The average molecular weight is 653 g/mol. The van der Waals surface area contributed by atoms with Crippen molar-refractivity contribution in [1.82, 2.24) is 19.8 Å². The SMILES string of the molecule is CCCCCCc1nc(C(C)(C)C)ncc1C(=O)CC12C(CC(C)C)C1[C@]21C[C@@H](C(=O)N2CCOCC2)CN(C(=O)OC(C)(C)C)C1. The van der Waals surface area contributed by atoms with Crippen LogP contribution in [0, 0.1) is 34.5 Å². The van der Waals surface area contributed by atoms with Crippen molar-refractivity contribution >= 4 is 17.8 Å². The maximum atomic E-state index is 14.4. The molecule has 5 rings (SSSR count). The van der Waals surface area contributed by atoms with Crippen LogP contribution in [0.5, 0.6) is 0 Å². The van der Waals surface area contributed by atoms with Gasteiger partial charge in [0.1, 0.15) is 11.4 Å². The van der Waals surface area contributed by atoms with Crippen LogP contribution in [-0.2, 0) is 26.1 Å². The molecule has 2 saturated carbocycles. The molecule has 2 aliphatic heterocycles. The van der Waals surface area contributed by atoms with Gasteiger partial charge in [0.05, 0.1) is 30.4 Å². The predicted molar refractivity (Wildman–Crippen MR) is 182 cm³/mol. The van der Waals surface area contributed by atoms with E-state index in [4.69, 9.17) is 19.4 Å². The monoisotopic (exact) mass is 652 g/mol. The third-order valence-electron chi connectivity index (χ3n) is 11.1. The zero-order valence-electron chi connectivity index (χ0n) is 30.6. The Labute approximate surface area is 282 Å². The molecular formula is C38H60N4O5.